The second kappa shape index (κ2) is 7.91. The summed E-state index contributed by atoms with van der Waals surface area (Å²) in [5, 5.41) is 0. The molecule has 0 aliphatic carbocycles. The van der Waals surface area contributed by atoms with E-state index in [1.54, 1.807) is 10.4 Å². The van der Waals surface area contributed by atoms with E-state index in [9.17, 15) is 13.2 Å². The fourth-order valence-corrected chi connectivity index (χ4v) is 6.49. The summed E-state index contributed by atoms with van der Waals surface area (Å²) in [5.41, 5.74) is 1.84. The summed E-state index contributed by atoms with van der Waals surface area (Å²) in [5.74, 6) is 0.174. The first-order chi connectivity index (χ1) is 13.8. The lowest BCUT2D eigenvalue weighted by Crippen LogP contribution is -2.40. The van der Waals surface area contributed by atoms with Gasteiger partial charge in [-0.15, -0.1) is 0 Å². The maximum atomic E-state index is 13.2. The van der Waals surface area contributed by atoms with Crippen LogP contribution in [0.1, 0.15) is 57.9 Å². The maximum Gasteiger partial charge on any atom is 0.243 e. The van der Waals surface area contributed by atoms with Gasteiger partial charge >= 0.3 is 0 Å². The zero-order valence-corrected chi connectivity index (χ0v) is 18.5. The van der Waals surface area contributed by atoms with Crippen LogP contribution in [-0.2, 0) is 20.2 Å². The molecule has 4 rings (SSSR count). The predicted molar refractivity (Wildman–Crippen MR) is 115 cm³/mol. The van der Waals surface area contributed by atoms with Crippen LogP contribution >= 0.6 is 0 Å². The van der Waals surface area contributed by atoms with Crippen molar-refractivity contribution in [3.63, 3.8) is 0 Å². The van der Waals surface area contributed by atoms with Gasteiger partial charge in [-0.05, 0) is 49.4 Å². The van der Waals surface area contributed by atoms with Crippen LogP contribution < -0.4 is 4.90 Å². The van der Waals surface area contributed by atoms with Gasteiger partial charge in [0.05, 0.1) is 11.4 Å². The van der Waals surface area contributed by atoms with E-state index in [0.717, 1.165) is 69.4 Å². The van der Waals surface area contributed by atoms with E-state index in [4.69, 9.17) is 0 Å². The minimum atomic E-state index is -3.47. The average molecular weight is 420 g/mol. The molecule has 1 aromatic rings. The zero-order valence-electron chi connectivity index (χ0n) is 17.7. The summed E-state index contributed by atoms with van der Waals surface area (Å²) in [6, 6.07) is 5.50. The molecule has 1 amide bonds. The highest BCUT2D eigenvalue weighted by molar-refractivity contribution is 7.89. The van der Waals surface area contributed by atoms with Crippen molar-refractivity contribution in [2.24, 2.45) is 0 Å². The largest absolute Gasteiger partial charge is 0.361 e. The molecule has 0 spiro atoms. The number of fused-ring (bicyclic) bond motifs is 1. The lowest BCUT2D eigenvalue weighted by molar-refractivity contribution is -0.128. The number of sulfonamides is 1. The number of hydrogen-bond acceptors (Lipinski definition) is 4. The normalized spacial score (nSPS) is 22.6. The van der Waals surface area contributed by atoms with Gasteiger partial charge < -0.3 is 9.80 Å². The van der Waals surface area contributed by atoms with E-state index in [-0.39, 0.29) is 11.3 Å². The zero-order chi connectivity index (χ0) is 20.6. The molecule has 2 fully saturated rings. The van der Waals surface area contributed by atoms with E-state index in [0.29, 0.717) is 24.5 Å². The van der Waals surface area contributed by atoms with Crippen LogP contribution in [0, 0.1) is 0 Å². The molecule has 6 nitrogen and oxygen atoms in total. The van der Waals surface area contributed by atoms with Crippen LogP contribution in [0.3, 0.4) is 0 Å². The summed E-state index contributed by atoms with van der Waals surface area (Å²) in [6.07, 6.45) is 6.24. The van der Waals surface area contributed by atoms with Crippen molar-refractivity contribution in [2.45, 2.75) is 62.7 Å². The van der Waals surface area contributed by atoms with Gasteiger partial charge in [-0.25, -0.2) is 8.42 Å². The summed E-state index contributed by atoms with van der Waals surface area (Å²) in [4.78, 5) is 17.1. The number of carbonyl (C=O) groups excluding carboxylic acids is 1. The molecule has 3 aliphatic heterocycles. The molecule has 29 heavy (non-hydrogen) atoms. The van der Waals surface area contributed by atoms with Crippen LogP contribution in [0.25, 0.3) is 0 Å². The van der Waals surface area contributed by atoms with Crippen molar-refractivity contribution in [3.05, 3.63) is 23.8 Å². The van der Waals surface area contributed by atoms with Crippen LogP contribution in [0.4, 0.5) is 5.69 Å². The molecule has 0 aromatic heterocycles. The summed E-state index contributed by atoms with van der Waals surface area (Å²) >= 11 is 0. The molecule has 0 unspecified atom stereocenters. The Bertz CT molecular complexity index is 867. The van der Waals surface area contributed by atoms with E-state index < -0.39 is 10.0 Å². The summed E-state index contributed by atoms with van der Waals surface area (Å²) in [7, 11) is -3.47. The number of nitrogens with zero attached hydrogens (tertiary/aromatic N) is 3. The van der Waals surface area contributed by atoms with Crippen molar-refractivity contribution >= 4 is 21.6 Å². The van der Waals surface area contributed by atoms with Gasteiger partial charge in [0.15, 0.2) is 0 Å². The molecule has 0 N–H and O–H groups in total. The highest BCUT2D eigenvalue weighted by Crippen LogP contribution is 2.42. The molecular weight excluding hydrogens is 386 g/mol. The number of anilines is 1. The number of rotatable bonds is 4. The minimum absolute atomic E-state index is 0.174. The Morgan fingerprint density at radius 2 is 1.59 bits per heavy atom. The van der Waals surface area contributed by atoms with Crippen molar-refractivity contribution in [1.82, 2.24) is 9.21 Å². The van der Waals surface area contributed by atoms with Crippen LogP contribution in [0.15, 0.2) is 23.1 Å². The van der Waals surface area contributed by atoms with Crippen molar-refractivity contribution < 1.29 is 13.2 Å². The number of carbonyl (C=O) groups is 1. The third kappa shape index (κ3) is 4.04. The molecule has 0 bridgehead atoms. The summed E-state index contributed by atoms with van der Waals surface area (Å²) < 4.78 is 28.1. The minimum Gasteiger partial charge on any atom is -0.361 e. The summed E-state index contributed by atoms with van der Waals surface area (Å²) in [6.45, 7) is 8.30. The molecule has 2 saturated heterocycles. The van der Waals surface area contributed by atoms with Crippen molar-refractivity contribution in [1.29, 1.82) is 0 Å². The Balaban J connectivity index is 1.59. The van der Waals surface area contributed by atoms with Crippen LogP contribution in [0.5, 0.6) is 0 Å². The Morgan fingerprint density at radius 1 is 0.966 bits per heavy atom. The predicted octanol–water partition coefficient (Wildman–Crippen LogP) is 2.97. The van der Waals surface area contributed by atoms with E-state index in [1.165, 1.54) is 0 Å². The molecule has 3 aliphatic rings. The highest BCUT2D eigenvalue weighted by Gasteiger charge is 2.38. The van der Waals surface area contributed by atoms with E-state index in [2.05, 4.69) is 18.7 Å². The van der Waals surface area contributed by atoms with E-state index in [1.807, 2.05) is 17.0 Å². The molecule has 3 heterocycles. The van der Waals surface area contributed by atoms with Crippen molar-refractivity contribution in [3.8, 4) is 0 Å². The topological polar surface area (TPSA) is 60.9 Å². The maximum absolute atomic E-state index is 13.2. The quantitative estimate of drug-likeness (QED) is 0.753. The van der Waals surface area contributed by atoms with Gasteiger partial charge in [0.2, 0.25) is 15.9 Å². The fourth-order valence-electron chi connectivity index (χ4n) is 4.94. The first kappa shape index (κ1) is 20.7. The third-order valence-corrected chi connectivity index (χ3v) is 8.51. The second-order valence-corrected chi connectivity index (χ2v) is 11.3. The Kier molecular flexibility index (Phi) is 5.64. The van der Waals surface area contributed by atoms with Crippen LogP contribution in [0.2, 0.25) is 0 Å². The first-order valence-electron chi connectivity index (χ1n) is 11.0. The molecular formula is C22H33N3O3S. The molecule has 0 saturated carbocycles. The molecule has 0 radical (unpaired) electrons. The third-order valence-electron chi connectivity index (χ3n) is 6.61. The van der Waals surface area contributed by atoms with Gasteiger partial charge in [-0.2, -0.15) is 4.31 Å². The number of benzene rings is 1. The molecule has 160 valence electrons. The van der Waals surface area contributed by atoms with Gasteiger partial charge in [-0.1, -0.05) is 26.7 Å². The van der Waals surface area contributed by atoms with Gasteiger partial charge in [0, 0.05) is 43.8 Å². The van der Waals surface area contributed by atoms with Gasteiger partial charge in [0.25, 0.3) is 0 Å². The van der Waals surface area contributed by atoms with Gasteiger partial charge in [-0.3, -0.25) is 4.79 Å². The molecule has 0 atom stereocenters. The van der Waals surface area contributed by atoms with Crippen molar-refractivity contribution in [2.75, 3.05) is 44.2 Å². The standard InChI is InChI=1S/C22H33N3O3S/c1-22(2)17-24(16-21(26)23-11-7-8-12-23)20-10-9-18(15-19(20)22)29(27,28)25-13-5-3-4-6-14-25/h9-10,15H,3-8,11-14,16-17H2,1-2H3. The number of amides is 1. The Hall–Kier alpha value is -1.60. The fraction of sp³-hybridized carbons (Fsp3) is 0.682. The Labute approximate surface area is 174 Å². The van der Waals surface area contributed by atoms with Crippen LogP contribution in [-0.4, -0.2) is 62.8 Å². The smallest absolute Gasteiger partial charge is 0.243 e. The first-order valence-corrected chi connectivity index (χ1v) is 12.4. The lowest BCUT2D eigenvalue weighted by atomic mass is 9.87. The SMILES string of the molecule is CC1(C)CN(CC(=O)N2CCCC2)c2ccc(S(=O)(=O)N3CCCCCC3)cc21. The van der Waals surface area contributed by atoms with Gasteiger partial charge in [0.1, 0.15) is 0 Å². The lowest BCUT2D eigenvalue weighted by Gasteiger charge is -2.24. The highest BCUT2D eigenvalue weighted by atomic mass is 32.2. The van der Waals surface area contributed by atoms with E-state index >= 15 is 0 Å². The average Bonchev–Trinajstić information content (AvgIpc) is 3.19. The monoisotopic (exact) mass is 419 g/mol. The molecule has 1 aromatic carbocycles. The second-order valence-electron chi connectivity index (χ2n) is 9.33. The number of likely N-dealkylation sites (tertiary alicyclic amines) is 1. The number of hydrogen-bond donors (Lipinski definition) is 0. The molecule has 7 heteroatoms. The Morgan fingerprint density at radius 3 is 2.24 bits per heavy atom.